The molecule has 0 unspecified atom stereocenters. The van der Waals surface area contributed by atoms with E-state index in [1.807, 2.05) is 27.3 Å². The Morgan fingerprint density at radius 3 is 2.95 bits per heavy atom. The number of carbonyl (C=O) groups excluding carboxylic acids is 2. The Balaban J connectivity index is 1.82. The quantitative estimate of drug-likeness (QED) is 0.804. The van der Waals surface area contributed by atoms with E-state index in [1.54, 1.807) is 6.08 Å². The smallest absolute Gasteiger partial charge is 0.263 e. The molecule has 1 atom stereocenters. The van der Waals surface area contributed by atoms with Gasteiger partial charge in [0.25, 0.3) is 5.91 Å². The SMILES string of the molecule is C=CCN1C(=O)CCC[C@]12CCCN(C(=O)c1cccs1)C2. The van der Waals surface area contributed by atoms with Crippen molar-refractivity contribution in [3.63, 3.8) is 0 Å². The van der Waals surface area contributed by atoms with Crippen LogP contribution < -0.4 is 0 Å². The van der Waals surface area contributed by atoms with Crippen LogP contribution in [-0.4, -0.2) is 46.8 Å². The lowest BCUT2D eigenvalue weighted by molar-refractivity contribution is -0.143. The van der Waals surface area contributed by atoms with Gasteiger partial charge in [-0.1, -0.05) is 12.1 Å². The Bertz CT molecular complexity index is 565. The van der Waals surface area contributed by atoms with Crippen LogP contribution in [0, 0.1) is 0 Å². The second kappa shape index (κ2) is 6.24. The van der Waals surface area contributed by atoms with Crippen molar-refractivity contribution in [3.05, 3.63) is 35.0 Å². The molecular formula is C17H22N2O2S. The first-order valence-electron chi connectivity index (χ1n) is 7.90. The second-order valence-electron chi connectivity index (χ2n) is 6.18. The summed E-state index contributed by atoms with van der Waals surface area (Å²) < 4.78 is 0. The van der Waals surface area contributed by atoms with E-state index in [1.165, 1.54) is 11.3 Å². The normalized spacial score (nSPS) is 25.5. The predicted octanol–water partition coefficient (Wildman–Crippen LogP) is 2.92. The van der Waals surface area contributed by atoms with E-state index in [9.17, 15) is 9.59 Å². The third kappa shape index (κ3) is 2.70. The van der Waals surface area contributed by atoms with Crippen molar-refractivity contribution >= 4 is 23.2 Å². The van der Waals surface area contributed by atoms with E-state index in [-0.39, 0.29) is 17.4 Å². The predicted molar refractivity (Wildman–Crippen MR) is 87.9 cm³/mol. The minimum absolute atomic E-state index is 0.102. The Hall–Kier alpha value is -1.62. The molecule has 22 heavy (non-hydrogen) atoms. The van der Waals surface area contributed by atoms with Gasteiger partial charge in [0.05, 0.1) is 10.4 Å². The van der Waals surface area contributed by atoms with Gasteiger partial charge in [-0.15, -0.1) is 17.9 Å². The summed E-state index contributed by atoms with van der Waals surface area (Å²) in [6.45, 7) is 5.81. The summed E-state index contributed by atoms with van der Waals surface area (Å²) in [7, 11) is 0. The van der Waals surface area contributed by atoms with Crippen LogP contribution in [0.5, 0.6) is 0 Å². The molecule has 118 valence electrons. The Kier molecular flexibility index (Phi) is 4.34. The standard InChI is InChI=1S/C17H22N2O2S/c1-2-10-19-15(20)7-3-8-17(19)9-5-11-18(13-17)16(21)14-6-4-12-22-14/h2,4,6,12H,1,3,5,7-11,13H2/t17-/m1/s1. The van der Waals surface area contributed by atoms with Gasteiger partial charge >= 0.3 is 0 Å². The van der Waals surface area contributed by atoms with Crippen molar-refractivity contribution in [2.75, 3.05) is 19.6 Å². The molecule has 3 rings (SSSR count). The zero-order chi connectivity index (χ0) is 15.6. The summed E-state index contributed by atoms with van der Waals surface area (Å²) >= 11 is 1.48. The van der Waals surface area contributed by atoms with Gasteiger partial charge in [0, 0.05) is 26.1 Å². The molecule has 5 heteroatoms. The van der Waals surface area contributed by atoms with Gasteiger partial charge in [-0.3, -0.25) is 9.59 Å². The topological polar surface area (TPSA) is 40.6 Å². The highest BCUT2D eigenvalue weighted by Crippen LogP contribution is 2.37. The summed E-state index contributed by atoms with van der Waals surface area (Å²) in [5, 5.41) is 1.93. The van der Waals surface area contributed by atoms with Gasteiger partial charge in [-0.05, 0) is 37.1 Å². The van der Waals surface area contributed by atoms with Crippen LogP contribution in [0.3, 0.4) is 0 Å². The van der Waals surface area contributed by atoms with Crippen LogP contribution in [0.25, 0.3) is 0 Å². The number of likely N-dealkylation sites (tertiary alicyclic amines) is 2. The first-order chi connectivity index (χ1) is 10.7. The van der Waals surface area contributed by atoms with Crippen LogP contribution in [0.4, 0.5) is 0 Å². The van der Waals surface area contributed by atoms with Gasteiger partial charge in [0.2, 0.25) is 5.91 Å². The minimum Gasteiger partial charge on any atom is -0.336 e. The molecule has 0 aromatic carbocycles. The van der Waals surface area contributed by atoms with Gasteiger partial charge in [0.1, 0.15) is 0 Å². The van der Waals surface area contributed by atoms with E-state index in [0.717, 1.165) is 37.1 Å². The number of nitrogens with zero attached hydrogens (tertiary/aromatic N) is 2. The molecule has 2 aliphatic heterocycles. The van der Waals surface area contributed by atoms with Crippen molar-refractivity contribution in [2.24, 2.45) is 0 Å². The van der Waals surface area contributed by atoms with Gasteiger partial charge < -0.3 is 9.80 Å². The molecular weight excluding hydrogens is 296 g/mol. The molecule has 0 radical (unpaired) electrons. The number of rotatable bonds is 3. The number of carbonyl (C=O) groups is 2. The van der Waals surface area contributed by atoms with Crippen LogP contribution in [0.1, 0.15) is 41.8 Å². The average molecular weight is 318 g/mol. The molecule has 1 aromatic heterocycles. The third-order valence-corrected chi connectivity index (χ3v) is 5.65. The molecule has 4 nitrogen and oxygen atoms in total. The summed E-state index contributed by atoms with van der Waals surface area (Å²) in [6, 6.07) is 3.79. The summed E-state index contributed by atoms with van der Waals surface area (Å²) in [6.07, 6.45) is 6.27. The van der Waals surface area contributed by atoms with Crippen molar-refractivity contribution in [2.45, 2.75) is 37.6 Å². The van der Waals surface area contributed by atoms with E-state index in [2.05, 4.69) is 6.58 Å². The molecule has 2 fully saturated rings. The highest BCUT2D eigenvalue weighted by atomic mass is 32.1. The minimum atomic E-state index is -0.186. The van der Waals surface area contributed by atoms with E-state index < -0.39 is 0 Å². The summed E-state index contributed by atoms with van der Waals surface area (Å²) in [4.78, 5) is 29.7. The summed E-state index contributed by atoms with van der Waals surface area (Å²) in [5.74, 6) is 0.308. The fraction of sp³-hybridized carbons (Fsp3) is 0.529. The van der Waals surface area contributed by atoms with Gasteiger partial charge in [-0.2, -0.15) is 0 Å². The van der Waals surface area contributed by atoms with Gasteiger partial charge in [0.15, 0.2) is 0 Å². The molecule has 0 saturated carbocycles. The van der Waals surface area contributed by atoms with Crippen molar-refractivity contribution in [1.82, 2.24) is 9.80 Å². The number of thiophene rings is 1. The number of hydrogen-bond acceptors (Lipinski definition) is 3. The van der Waals surface area contributed by atoms with E-state index in [0.29, 0.717) is 19.5 Å². The Labute approximate surface area is 135 Å². The van der Waals surface area contributed by atoms with Crippen molar-refractivity contribution in [3.8, 4) is 0 Å². The molecule has 2 saturated heterocycles. The molecule has 1 spiro atoms. The molecule has 0 aliphatic carbocycles. The fourth-order valence-corrected chi connectivity index (χ4v) is 4.48. The number of piperidine rings is 2. The van der Waals surface area contributed by atoms with E-state index >= 15 is 0 Å². The maximum Gasteiger partial charge on any atom is 0.263 e. The van der Waals surface area contributed by atoms with Crippen molar-refractivity contribution < 1.29 is 9.59 Å². The molecule has 0 bridgehead atoms. The number of amides is 2. The maximum atomic E-state index is 12.6. The zero-order valence-corrected chi connectivity index (χ0v) is 13.6. The average Bonchev–Trinajstić information content (AvgIpc) is 3.05. The molecule has 2 aliphatic rings. The fourth-order valence-electron chi connectivity index (χ4n) is 3.79. The lowest BCUT2D eigenvalue weighted by atomic mass is 9.79. The van der Waals surface area contributed by atoms with Crippen LogP contribution >= 0.6 is 11.3 Å². The highest BCUT2D eigenvalue weighted by molar-refractivity contribution is 7.12. The first kappa shape index (κ1) is 15.3. The highest BCUT2D eigenvalue weighted by Gasteiger charge is 2.45. The third-order valence-electron chi connectivity index (χ3n) is 4.79. The Morgan fingerprint density at radius 2 is 2.23 bits per heavy atom. The monoisotopic (exact) mass is 318 g/mol. The molecule has 1 aromatic rings. The van der Waals surface area contributed by atoms with Crippen LogP contribution in [0.2, 0.25) is 0 Å². The van der Waals surface area contributed by atoms with Crippen LogP contribution in [0.15, 0.2) is 30.2 Å². The second-order valence-corrected chi connectivity index (χ2v) is 7.13. The lowest BCUT2D eigenvalue weighted by Gasteiger charge is -2.51. The lowest BCUT2D eigenvalue weighted by Crippen LogP contribution is -2.63. The first-order valence-corrected chi connectivity index (χ1v) is 8.78. The summed E-state index contributed by atoms with van der Waals surface area (Å²) in [5.41, 5.74) is -0.186. The maximum absolute atomic E-state index is 12.6. The zero-order valence-electron chi connectivity index (χ0n) is 12.8. The largest absolute Gasteiger partial charge is 0.336 e. The number of hydrogen-bond donors (Lipinski definition) is 0. The van der Waals surface area contributed by atoms with E-state index in [4.69, 9.17) is 0 Å². The van der Waals surface area contributed by atoms with Crippen molar-refractivity contribution in [1.29, 1.82) is 0 Å². The van der Waals surface area contributed by atoms with Gasteiger partial charge in [-0.25, -0.2) is 0 Å². The molecule has 0 N–H and O–H groups in total. The molecule has 2 amide bonds. The Morgan fingerprint density at radius 1 is 1.41 bits per heavy atom. The van der Waals surface area contributed by atoms with Crippen LogP contribution in [-0.2, 0) is 4.79 Å². The molecule has 3 heterocycles.